The molecule has 1 aromatic carbocycles. The van der Waals surface area contributed by atoms with Crippen LogP contribution in [0.4, 0.5) is 0 Å². The monoisotopic (exact) mass is 212 g/mol. The van der Waals surface area contributed by atoms with Crippen LogP contribution in [-0.4, -0.2) is 21.6 Å². The van der Waals surface area contributed by atoms with Crippen molar-refractivity contribution in [3.05, 3.63) is 29.8 Å². The molecule has 0 aliphatic carbocycles. The molecule has 1 aromatic rings. The Morgan fingerprint density at radius 2 is 1.79 bits per heavy atom. The SMILES string of the molecule is CC(C)(O)CSc1ccc(CO)cc1. The molecule has 0 aliphatic rings. The van der Waals surface area contributed by atoms with Gasteiger partial charge in [-0.2, -0.15) is 0 Å². The van der Waals surface area contributed by atoms with Crippen molar-refractivity contribution in [2.75, 3.05) is 5.75 Å². The smallest absolute Gasteiger partial charge is 0.0685 e. The van der Waals surface area contributed by atoms with Crippen LogP contribution >= 0.6 is 11.8 Å². The number of aliphatic hydroxyl groups excluding tert-OH is 1. The normalized spacial score (nSPS) is 11.7. The summed E-state index contributed by atoms with van der Waals surface area (Å²) in [6.45, 7) is 3.67. The lowest BCUT2D eigenvalue weighted by molar-refractivity contribution is 0.107. The molecule has 0 bridgehead atoms. The Bertz CT molecular complexity index is 274. The highest BCUT2D eigenvalue weighted by atomic mass is 32.2. The lowest BCUT2D eigenvalue weighted by Gasteiger charge is -2.16. The molecule has 0 fully saturated rings. The zero-order valence-electron chi connectivity index (χ0n) is 8.53. The van der Waals surface area contributed by atoms with Crippen molar-refractivity contribution in [2.24, 2.45) is 0 Å². The summed E-state index contributed by atoms with van der Waals surface area (Å²) in [5.74, 6) is 0.672. The Labute approximate surface area is 89.0 Å². The molecule has 3 heteroatoms. The Hall–Kier alpha value is -0.510. The predicted octanol–water partition coefficient (Wildman–Crippen LogP) is 2.04. The van der Waals surface area contributed by atoms with Gasteiger partial charge in [0, 0.05) is 10.6 Å². The number of benzene rings is 1. The van der Waals surface area contributed by atoms with Crippen molar-refractivity contribution in [3.63, 3.8) is 0 Å². The Balaban J connectivity index is 2.52. The maximum Gasteiger partial charge on any atom is 0.0685 e. The molecule has 78 valence electrons. The van der Waals surface area contributed by atoms with Crippen molar-refractivity contribution in [2.45, 2.75) is 31.0 Å². The molecule has 2 nitrogen and oxygen atoms in total. The highest BCUT2D eigenvalue weighted by Gasteiger charge is 2.12. The zero-order chi connectivity index (χ0) is 10.6. The first kappa shape index (κ1) is 11.6. The molecule has 0 saturated heterocycles. The van der Waals surface area contributed by atoms with E-state index in [4.69, 9.17) is 5.11 Å². The quantitative estimate of drug-likeness (QED) is 0.750. The zero-order valence-corrected chi connectivity index (χ0v) is 9.34. The van der Waals surface area contributed by atoms with E-state index in [1.807, 2.05) is 24.3 Å². The van der Waals surface area contributed by atoms with Gasteiger partial charge in [-0.25, -0.2) is 0 Å². The summed E-state index contributed by atoms with van der Waals surface area (Å²) in [6, 6.07) is 7.71. The average Bonchev–Trinajstić information content (AvgIpc) is 2.14. The molecule has 0 saturated carbocycles. The maximum atomic E-state index is 9.52. The van der Waals surface area contributed by atoms with Crippen molar-refractivity contribution in [3.8, 4) is 0 Å². The van der Waals surface area contributed by atoms with E-state index in [0.717, 1.165) is 10.5 Å². The minimum atomic E-state index is -0.639. The fourth-order valence-electron chi connectivity index (χ4n) is 0.951. The molecule has 14 heavy (non-hydrogen) atoms. The van der Waals surface area contributed by atoms with Crippen LogP contribution in [0.3, 0.4) is 0 Å². The third-order valence-corrected chi connectivity index (χ3v) is 3.15. The molecule has 2 N–H and O–H groups in total. The van der Waals surface area contributed by atoms with Gasteiger partial charge in [-0.1, -0.05) is 12.1 Å². The van der Waals surface area contributed by atoms with E-state index < -0.39 is 5.60 Å². The fraction of sp³-hybridized carbons (Fsp3) is 0.455. The van der Waals surface area contributed by atoms with Gasteiger partial charge in [0.15, 0.2) is 0 Å². The lowest BCUT2D eigenvalue weighted by Crippen LogP contribution is -2.21. The summed E-state index contributed by atoms with van der Waals surface area (Å²) in [5, 5.41) is 18.4. The van der Waals surface area contributed by atoms with Gasteiger partial charge < -0.3 is 10.2 Å². The van der Waals surface area contributed by atoms with Crippen LogP contribution in [0.25, 0.3) is 0 Å². The topological polar surface area (TPSA) is 40.5 Å². The van der Waals surface area contributed by atoms with E-state index in [1.54, 1.807) is 25.6 Å². The van der Waals surface area contributed by atoms with Crippen LogP contribution in [0.1, 0.15) is 19.4 Å². The molecular weight excluding hydrogens is 196 g/mol. The Morgan fingerprint density at radius 3 is 2.21 bits per heavy atom. The molecule has 0 heterocycles. The molecule has 0 aromatic heterocycles. The first-order chi connectivity index (χ1) is 6.51. The number of aliphatic hydroxyl groups is 2. The molecule has 0 atom stereocenters. The first-order valence-corrected chi connectivity index (χ1v) is 5.55. The van der Waals surface area contributed by atoms with E-state index in [-0.39, 0.29) is 6.61 Å². The summed E-state index contributed by atoms with van der Waals surface area (Å²) >= 11 is 1.61. The van der Waals surface area contributed by atoms with Crippen LogP contribution in [0.5, 0.6) is 0 Å². The molecule has 0 amide bonds. The number of thioether (sulfide) groups is 1. The van der Waals surface area contributed by atoms with Gasteiger partial charge in [-0.3, -0.25) is 0 Å². The highest BCUT2D eigenvalue weighted by Crippen LogP contribution is 2.22. The van der Waals surface area contributed by atoms with Gasteiger partial charge in [-0.05, 0) is 31.5 Å². The van der Waals surface area contributed by atoms with Crippen LogP contribution in [0, 0.1) is 0 Å². The van der Waals surface area contributed by atoms with E-state index in [1.165, 1.54) is 0 Å². The summed E-state index contributed by atoms with van der Waals surface area (Å²) in [7, 11) is 0. The second kappa shape index (κ2) is 4.82. The molecule has 0 unspecified atom stereocenters. The van der Waals surface area contributed by atoms with Gasteiger partial charge in [0.05, 0.1) is 12.2 Å². The number of hydrogen-bond acceptors (Lipinski definition) is 3. The second-order valence-electron chi connectivity index (χ2n) is 3.90. The van der Waals surface area contributed by atoms with Gasteiger partial charge in [0.25, 0.3) is 0 Å². The Morgan fingerprint density at radius 1 is 1.21 bits per heavy atom. The second-order valence-corrected chi connectivity index (χ2v) is 4.95. The average molecular weight is 212 g/mol. The lowest BCUT2D eigenvalue weighted by atomic mass is 10.2. The minimum absolute atomic E-state index is 0.0798. The van der Waals surface area contributed by atoms with Gasteiger partial charge >= 0.3 is 0 Å². The van der Waals surface area contributed by atoms with Crippen LogP contribution < -0.4 is 0 Å². The summed E-state index contributed by atoms with van der Waals surface area (Å²) in [4.78, 5) is 1.12. The summed E-state index contributed by atoms with van der Waals surface area (Å²) < 4.78 is 0. The van der Waals surface area contributed by atoms with Gasteiger partial charge in [0.1, 0.15) is 0 Å². The van der Waals surface area contributed by atoms with E-state index >= 15 is 0 Å². The molecule has 0 spiro atoms. The van der Waals surface area contributed by atoms with Crippen LogP contribution in [-0.2, 0) is 6.61 Å². The summed E-state index contributed by atoms with van der Waals surface area (Å²) in [6.07, 6.45) is 0. The third-order valence-electron chi connectivity index (χ3n) is 1.70. The van der Waals surface area contributed by atoms with Crippen molar-refractivity contribution >= 4 is 11.8 Å². The molecule has 0 aliphatic heterocycles. The standard InChI is InChI=1S/C11H16O2S/c1-11(2,13)8-14-10-5-3-9(7-12)4-6-10/h3-6,12-13H,7-8H2,1-2H3. The first-order valence-electron chi connectivity index (χ1n) is 4.56. The largest absolute Gasteiger partial charge is 0.392 e. The van der Waals surface area contributed by atoms with Crippen molar-refractivity contribution in [1.29, 1.82) is 0 Å². The number of rotatable bonds is 4. The fourth-order valence-corrected chi connectivity index (χ4v) is 1.80. The Kier molecular flexibility index (Phi) is 3.98. The van der Waals surface area contributed by atoms with Crippen LogP contribution in [0.15, 0.2) is 29.2 Å². The third kappa shape index (κ3) is 4.13. The number of hydrogen-bond donors (Lipinski definition) is 2. The van der Waals surface area contributed by atoms with E-state index in [2.05, 4.69) is 0 Å². The predicted molar refractivity (Wildman–Crippen MR) is 59.4 cm³/mol. The minimum Gasteiger partial charge on any atom is -0.392 e. The summed E-state index contributed by atoms with van der Waals surface area (Å²) in [5.41, 5.74) is 0.276. The molecule has 0 radical (unpaired) electrons. The van der Waals surface area contributed by atoms with Crippen LogP contribution in [0.2, 0.25) is 0 Å². The van der Waals surface area contributed by atoms with Gasteiger partial charge in [0.2, 0.25) is 0 Å². The molecule has 1 rings (SSSR count). The van der Waals surface area contributed by atoms with Gasteiger partial charge in [-0.15, -0.1) is 11.8 Å². The maximum absolute atomic E-state index is 9.52. The molecular formula is C11H16O2S. The van der Waals surface area contributed by atoms with E-state index in [0.29, 0.717) is 5.75 Å². The highest BCUT2D eigenvalue weighted by molar-refractivity contribution is 7.99. The van der Waals surface area contributed by atoms with Crippen molar-refractivity contribution in [1.82, 2.24) is 0 Å². The van der Waals surface area contributed by atoms with E-state index in [9.17, 15) is 5.11 Å². The van der Waals surface area contributed by atoms with Crippen molar-refractivity contribution < 1.29 is 10.2 Å².